The quantitative estimate of drug-likeness (QED) is 0.765. The highest BCUT2D eigenvalue weighted by Gasteiger charge is 2.19. The lowest BCUT2D eigenvalue weighted by Crippen LogP contribution is -2.39. The zero-order chi connectivity index (χ0) is 19.1. The molecule has 2 heterocycles. The summed E-state index contributed by atoms with van der Waals surface area (Å²) in [6.07, 6.45) is 4.41. The standard InChI is InChI=1S/C19H22ClN5OS/c20-16-6-1-2-7-17(16)23-18(26)14-24-9-4-10-25(12-11-24)19(27)22-15-5-3-8-21-13-15/h1-3,5-8,13H,4,9-12,14H2,(H,22,27)(H,23,26). The highest BCUT2D eigenvalue weighted by molar-refractivity contribution is 7.80. The van der Waals surface area contributed by atoms with Crippen LogP contribution in [0.5, 0.6) is 0 Å². The lowest BCUT2D eigenvalue weighted by atomic mass is 10.3. The normalized spacial score (nSPS) is 15.1. The number of carbonyl (C=O) groups is 1. The van der Waals surface area contributed by atoms with Gasteiger partial charge < -0.3 is 15.5 Å². The van der Waals surface area contributed by atoms with Crippen molar-refractivity contribution in [2.45, 2.75) is 6.42 Å². The predicted molar refractivity (Wildman–Crippen MR) is 113 cm³/mol. The zero-order valence-corrected chi connectivity index (χ0v) is 16.5. The molecule has 1 saturated heterocycles. The van der Waals surface area contributed by atoms with Crippen LogP contribution in [0.3, 0.4) is 0 Å². The van der Waals surface area contributed by atoms with E-state index in [1.807, 2.05) is 24.3 Å². The van der Waals surface area contributed by atoms with Crippen LogP contribution < -0.4 is 10.6 Å². The number of nitrogens with one attached hydrogen (secondary N) is 2. The molecule has 0 saturated carbocycles. The smallest absolute Gasteiger partial charge is 0.238 e. The van der Waals surface area contributed by atoms with Crippen molar-refractivity contribution in [2.75, 3.05) is 43.4 Å². The molecule has 27 heavy (non-hydrogen) atoms. The van der Waals surface area contributed by atoms with Crippen LogP contribution in [0.4, 0.5) is 11.4 Å². The van der Waals surface area contributed by atoms with E-state index in [0.29, 0.717) is 22.4 Å². The van der Waals surface area contributed by atoms with Crippen LogP contribution >= 0.6 is 23.8 Å². The lowest BCUT2D eigenvalue weighted by molar-refractivity contribution is -0.117. The Balaban J connectivity index is 1.48. The van der Waals surface area contributed by atoms with Crippen molar-refractivity contribution in [3.05, 3.63) is 53.8 Å². The molecule has 1 aliphatic rings. The molecule has 6 nitrogen and oxygen atoms in total. The van der Waals surface area contributed by atoms with Crippen molar-refractivity contribution < 1.29 is 4.79 Å². The maximum atomic E-state index is 12.3. The number of nitrogens with zero attached hydrogens (tertiary/aromatic N) is 3. The van der Waals surface area contributed by atoms with Crippen molar-refractivity contribution in [3.8, 4) is 0 Å². The molecule has 1 amide bonds. The molecule has 1 aliphatic heterocycles. The molecule has 2 aromatic rings. The number of hydrogen-bond donors (Lipinski definition) is 2. The van der Waals surface area contributed by atoms with Crippen LogP contribution in [-0.2, 0) is 4.79 Å². The number of hydrogen-bond acceptors (Lipinski definition) is 4. The molecule has 2 N–H and O–H groups in total. The van der Waals surface area contributed by atoms with Crippen molar-refractivity contribution in [3.63, 3.8) is 0 Å². The fraction of sp³-hybridized carbons (Fsp3) is 0.316. The van der Waals surface area contributed by atoms with Crippen LogP contribution in [0.1, 0.15) is 6.42 Å². The van der Waals surface area contributed by atoms with Crippen LogP contribution in [-0.4, -0.2) is 58.5 Å². The first-order valence-corrected chi connectivity index (χ1v) is 9.63. The van der Waals surface area contributed by atoms with Gasteiger partial charge in [0.2, 0.25) is 5.91 Å². The Hall–Kier alpha value is -2.22. The maximum Gasteiger partial charge on any atom is 0.238 e. The van der Waals surface area contributed by atoms with E-state index in [1.165, 1.54) is 0 Å². The molecule has 0 unspecified atom stereocenters. The molecule has 0 bridgehead atoms. The Morgan fingerprint density at radius 3 is 2.74 bits per heavy atom. The summed E-state index contributed by atoms with van der Waals surface area (Å²) < 4.78 is 0. The number of halogens is 1. The largest absolute Gasteiger partial charge is 0.348 e. The van der Waals surface area contributed by atoms with Crippen LogP contribution in [0, 0.1) is 0 Å². The van der Waals surface area contributed by atoms with Gasteiger partial charge in [-0.1, -0.05) is 23.7 Å². The number of amides is 1. The molecule has 1 fully saturated rings. The summed E-state index contributed by atoms with van der Waals surface area (Å²) in [5.41, 5.74) is 1.52. The number of para-hydroxylation sites is 1. The first-order valence-electron chi connectivity index (χ1n) is 8.84. The minimum Gasteiger partial charge on any atom is -0.348 e. The Morgan fingerprint density at radius 2 is 1.96 bits per heavy atom. The second-order valence-corrected chi connectivity index (χ2v) is 7.11. The van der Waals surface area contributed by atoms with E-state index in [2.05, 4.69) is 25.4 Å². The minimum absolute atomic E-state index is 0.0624. The predicted octanol–water partition coefficient (Wildman–Crippen LogP) is 3.08. The van der Waals surface area contributed by atoms with Gasteiger partial charge in [0.15, 0.2) is 5.11 Å². The van der Waals surface area contributed by atoms with Gasteiger partial charge in [0, 0.05) is 32.4 Å². The van der Waals surface area contributed by atoms with Crippen molar-refractivity contribution in [2.24, 2.45) is 0 Å². The van der Waals surface area contributed by atoms with E-state index in [9.17, 15) is 4.79 Å². The molecular weight excluding hydrogens is 382 g/mol. The monoisotopic (exact) mass is 403 g/mol. The summed E-state index contributed by atoms with van der Waals surface area (Å²) in [6.45, 7) is 3.58. The average Bonchev–Trinajstić information content (AvgIpc) is 2.90. The van der Waals surface area contributed by atoms with E-state index in [-0.39, 0.29) is 5.91 Å². The molecule has 0 radical (unpaired) electrons. The first kappa shape index (κ1) is 19.5. The van der Waals surface area contributed by atoms with Gasteiger partial charge in [-0.2, -0.15) is 0 Å². The average molecular weight is 404 g/mol. The second kappa shape index (κ2) is 9.64. The Bertz CT molecular complexity index is 789. The van der Waals surface area contributed by atoms with Gasteiger partial charge >= 0.3 is 0 Å². The summed E-state index contributed by atoms with van der Waals surface area (Å²) in [4.78, 5) is 20.7. The number of carbonyl (C=O) groups excluding carboxylic acids is 1. The third kappa shape index (κ3) is 5.89. The van der Waals surface area contributed by atoms with E-state index in [0.717, 1.165) is 38.3 Å². The van der Waals surface area contributed by atoms with Gasteiger partial charge in [-0.25, -0.2) is 0 Å². The SMILES string of the molecule is O=C(CN1CCCN(C(=S)Nc2cccnc2)CC1)Nc1ccccc1Cl. The number of anilines is 2. The number of benzene rings is 1. The fourth-order valence-electron chi connectivity index (χ4n) is 2.93. The molecule has 0 aliphatic carbocycles. The van der Waals surface area contributed by atoms with Crippen molar-refractivity contribution >= 4 is 46.2 Å². The number of aromatic nitrogens is 1. The van der Waals surface area contributed by atoms with Crippen LogP contribution in [0.15, 0.2) is 48.8 Å². The molecule has 8 heteroatoms. The zero-order valence-electron chi connectivity index (χ0n) is 14.9. The Kier molecular flexibility index (Phi) is 6.98. The molecule has 0 spiro atoms. The summed E-state index contributed by atoms with van der Waals surface area (Å²) in [5, 5.41) is 7.32. The Morgan fingerprint density at radius 1 is 1.11 bits per heavy atom. The highest BCUT2D eigenvalue weighted by atomic mass is 35.5. The first-order chi connectivity index (χ1) is 13.1. The van der Waals surface area contributed by atoms with Gasteiger partial charge in [0.25, 0.3) is 0 Å². The molecule has 0 atom stereocenters. The topological polar surface area (TPSA) is 60.5 Å². The van der Waals surface area contributed by atoms with Gasteiger partial charge in [0.1, 0.15) is 0 Å². The van der Waals surface area contributed by atoms with E-state index in [1.54, 1.807) is 24.5 Å². The molecular formula is C19H22ClN5OS. The van der Waals surface area contributed by atoms with E-state index >= 15 is 0 Å². The molecule has 3 rings (SSSR count). The third-order valence-corrected chi connectivity index (χ3v) is 4.99. The number of thiocarbonyl (C=S) groups is 1. The second-order valence-electron chi connectivity index (χ2n) is 6.32. The lowest BCUT2D eigenvalue weighted by Gasteiger charge is -2.24. The molecule has 1 aromatic heterocycles. The van der Waals surface area contributed by atoms with Crippen molar-refractivity contribution in [1.29, 1.82) is 0 Å². The summed E-state index contributed by atoms with van der Waals surface area (Å²) in [7, 11) is 0. The highest BCUT2D eigenvalue weighted by Crippen LogP contribution is 2.20. The van der Waals surface area contributed by atoms with Crippen LogP contribution in [0.2, 0.25) is 5.02 Å². The van der Waals surface area contributed by atoms with E-state index in [4.69, 9.17) is 23.8 Å². The molecule has 142 valence electrons. The summed E-state index contributed by atoms with van der Waals surface area (Å²) in [5.74, 6) is -0.0624. The Labute approximate surface area is 169 Å². The molecule has 1 aromatic carbocycles. The third-order valence-electron chi connectivity index (χ3n) is 4.30. The van der Waals surface area contributed by atoms with E-state index < -0.39 is 0 Å². The van der Waals surface area contributed by atoms with Gasteiger partial charge in [0.05, 0.1) is 29.1 Å². The van der Waals surface area contributed by atoms with Gasteiger partial charge in [-0.15, -0.1) is 0 Å². The number of rotatable bonds is 4. The summed E-state index contributed by atoms with van der Waals surface area (Å²) in [6, 6.07) is 11.0. The minimum atomic E-state index is -0.0624. The van der Waals surface area contributed by atoms with Gasteiger partial charge in [-0.05, 0) is 42.9 Å². The van der Waals surface area contributed by atoms with Crippen molar-refractivity contribution in [1.82, 2.24) is 14.8 Å². The number of pyridine rings is 1. The van der Waals surface area contributed by atoms with Gasteiger partial charge in [-0.3, -0.25) is 14.7 Å². The fourth-order valence-corrected chi connectivity index (χ4v) is 3.41. The van der Waals surface area contributed by atoms with Crippen LogP contribution in [0.25, 0.3) is 0 Å². The maximum absolute atomic E-state index is 12.3. The summed E-state index contributed by atoms with van der Waals surface area (Å²) >= 11 is 11.6.